The Balaban J connectivity index is 1.39. The number of hydrogen-bond donors (Lipinski definition) is 3. The van der Waals surface area contributed by atoms with Crippen LogP contribution in [-0.4, -0.2) is 25.4 Å². The zero-order valence-electron chi connectivity index (χ0n) is 18.7. The molecule has 0 spiro atoms. The Kier molecular flexibility index (Phi) is 6.06. The molecular formula is C25H25ClN6O2. The van der Waals surface area contributed by atoms with Crippen LogP contribution in [0.15, 0.2) is 59.7 Å². The topological polar surface area (TPSA) is 105 Å². The van der Waals surface area contributed by atoms with Crippen LogP contribution >= 0.6 is 11.6 Å². The van der Waals surface area contributed by atoms with Crippen LogP contribution in [0.2, 0.25) is 5.15 Å². The highest BCUT2D eigenvalue weighted by Gasteiger charge is 2.38. The number of benzene rings is 1. The van der Waals surface area contributed by atoms with E-state index in [9.17, 15) is 9.59 Å². The number of carbonyl (C=O) groups is 1. The summed E-state index contributed by atoms with van der Waals surface area (Å²) in [6.45, 7) is 2.78. The van der Waals surface area contributed by atoms with Crippen LogP contribution in [0, 0.1) is 0 Å². The third-order valence-electron chi connectivity index (χ3n) is 6.34. The molecule has 1 amide bonds. The number of nitrogens with zero attached hydrogens (tertiary/aromatic N) is 3. The molecule has 0 bridgehead atoms. The lowest BCUT2D eigenvalue weighted by Crippen LogP contribution is -2.36. The Morgan fingerprint density at radius 3 is 2.82 bits per heavy atom. The van der Waals surface area contributed by atoms with E-state index >= 15 is 0 Å². The molecule has 0 radical (unpaired) electrons. The number of aromatic nitrogens is 4. The summed E-state index contributed by atoms with van der Waals surface area (Å²) < 4.78 is 1.53. The normalized spacial score (nSPS) is 17.0. The van der Waals surface area contributed by atoms with Gasteiger partial charge in [-0.3, -0.25) is 19.1 Å². The van der Waals surface area contributed by atoms with Crippen LogP contribution in [0.4, 0.5) is 5.82 Å². The second-order valence-corrected chi connectivity index (χ2v) is 8.84. The summed E-state index contributed by atoms with van der Waals surface area (Å²) in [6.07, 6.45) is 4.76. The lowest BCUT2D eigenvalue weighted by atomic mass is 9.99. The second-order valence-electron chi connectivity index (χ2n) is 8.48. The molecule has 174 valence electrons. The molecule has 5 rings (SSSR count). The number of carbonyl (C=O) groups excluding carboxylic acids is 1. The van der Waals surface area contributed by atoms with E-state index in [1.54, 1.807) is 12.4 Å². The fourth-order valence-corrected chi connectivity index (χ4v) is 4.93. The smallest absolute Gasteiger partial charge is 0.294 e. The number of anilines is 1. The van der Waals surface area contributed by atoms with Crippen LogP contribution in [0.3, 0.4) is 0 Å². The Morgan fingerprint density at radius 1 is 1.24 bits per heavy atom. The summed E-state index contributed by atoms with van der Waals surface area (Å²) >= 11 is 6.54. The molecule has 9 heteroatoms. The van der Waals surface area contributed by atoms with Crippen molar-refractivity contribution in [1.82, 2.24) is 24.8 Å². The molecule has 2 atom stereocenters. The largest absolute Gasteiger partial charge is 0.361 e. The maximum absolute atomic E-state index is 13.4. The molecule has 8 nitrogen and oxygen atoms in total. The summed E-state index contributed by atoms with van der Waals surface area (Å²) in [7, 11) is 0. The van der Waals surface area contributed by atoms with Gasteiger partial charge in [-0.2, -0.15) is 0 Å². The number of aromatic amines is 1. The van der Waals surface area contributed by atoms with Crippen LogP contribution in [0.1, 0.15) is 48.7 Å². The molecular weight excluding hydrogens is 452 g/mol. The molecule has 1 aliphatic heterocycles. The zero-order valence-corrected chi connectivity index (χ0v) is 19.5. The van der Waals surface area contributed by atoms with Gasteiger partial charge >= 0.3 is 0 Å². The molecule has 2 unspecified atom stereocenters. The number of fused-ring (bicyclic) bond motifs is 2. The van der Waals surface area contributed by atoms with Gasteiger partial charge in [0.1, 0.15) is 6.04 Å². The maximum atomic E-state index is 13.4. The van der Waals surface area contributed by atoms with E-state index in [2.05, 4.69) is 25.6 Å². The van der Waals surface area contributed by atoms with E-state index in [-0.39, 0.29) is 28.4 Å². The van der Waals surface area contributed by atoms with Crippen molar-refractivity contribution < 1.29 is 4.79 Å². The van der Waals surface area contributed by atoms with Gasteiger partial charge in [-0.1, -0.05) is 48.9 Å². The van der Waals surface area contributed by atoms with Gasteiger partial charge < -0.3 is 15.6 Å². The van der Waals surface area contributed by atoms with Gasteiger partial charge in [0.05, 0.1) is 12.2 Å². The van der Waals surface area contributed by atoms with Crippen LogP contribution in [0.5, 0.6) is 0 Å². The Labute approximate surface area is 201 Å². The van der Waals surface area contributed by atoms with Crippen molar-refractivity contribution >= 4 is 34.2 Å². The molecule has 4 aromatic rings. The molecule has 0 saturated heterocycles. The first-order valence-electron chi connectivity index (χ1n) is 11.3. The summed E-state index contributed by atoms with van der Waals surface area (Å²) in [5.41, 5.74) is 3.14. The predicted molar refractivity (Wildman–Crippen MR) is 132 cm³/mol. The minimum atomic E-state index is -0.642. The molecule has 1 aliphatic rings. The van der Waals surface area contributed by atoms with E-state index in [1.807, 2.05) is 49.4 Å². The first-order chi connectivity index (χ1) is 16.5. The number of nitrogens with one attached hydrogen (secondary N) is 3. The number of pyridine rings is 1. The third kappa shape index (κ3) is 4.17. The molecule has 3 aromatic heterocycles. The highest BCUT2D eigenvalue weighted by molar-refractivity contribution is 6.30. The van der Waals surface area contributed by atoms with Crippen molar-refractivity contribution in [2.24, 2.45) is 0 Å². The quantitative estimate of drug-likeness (QED) is 0.372. The number of halogens is 1. The van der Waals surface area contributed by atoms with Crippen molar-refractivity contribution in [3.8, 4) is 0 Å². The molecule has 4 heterocycles. The van der Waals surface area contributed by atoms with Gasteiger partial charge in [0.15, 0.2) is 11.0 Å². The van der Waals surface area contributed by atoms with E-state index in [1.165, 1.54) is 4.57 Å². The highest BCUT2D eigenvalue weighted by Crippen LogP contribution is 2.40. The fourth-order valence-electron chi connectivity index (χ4n) is 4.60. The van der Waals surface area contributed by atoms with Crippen molar-refractivity contribution in [3.63, 3.8) is 0 Å². The molecule has 3 N–H and O–H groups in total. The highest BCUT2D eigenvalue weighted by atomic mass is 35.5. The molecule has 0 saturated carbocycles. The van der Waals surface area contributed by atoms with Gasteiger partial charge in [0.25, 0.3) is 5.56 Å². The number of H-pyrrole nitrogens is 1. The van der Waals surface area contributed by atoms with E-state index in [0.717, 1.165) is 28.6 Å². The minimum Gasteiger partial charge on any atom is -0.361 e. The van der Waals surface area contributed by atoms with Crippen molar-refractivity contribution in [2.75, 3.05) is 5.32 Å². The van der Waals surface area contributed by atoms with Crippen LogP contribution in [-0.2, 0) is 17.9 Å². The Morgan fingerprint density at radius 2 is 2.06 bits per heavy atom. The summed E-state index contributed by atoms with van der Waals surface area (Å²) in [5, 5.41) is 7.31. The first-order valence-corrected chi connectivity index (χ1v) is 11.7. The lowest BCUT2D eigenvalue weighted by Gasteiger charge is -2.16. The average Bonchev–Trinajstić information content (AvgIpc) is 3.46. The number of rotatable bonds is 7. The molecule has 1 aromatic carbocycles. The fraction of sp³-hybridized carbons (Fsp3) is 0.280. The summed E-state index contributed by atoms with van der Waals surface area (Å²) in [5.74, 6) is -0.0756. The standard InChI is InChI=1S/C25H25ClN6O2/c1-2-16-11-20(24(33)29-14-18-10-17-13-27-9-8-19(17)30-18)32-21(16)22(26)31-23(25(32)34)28-12-15-6-4-3-5-7-15/h3-10,13,16,20,30H,2,11-12,14H2,1H3,(H,28,31)(H,29,33). The van der Waals surface area contributed by atoms with Crippen molar-refractivity contribution in [1.29, 1.82) is 0 Å². The molecule has 34 heavy (non-hydrogen) atoms. The minimum absolute atomic E-state index is 0.00854. The van der Waals surface area contributed by atoms with Gasteiger partial charge in [0.2, 0.25) is 5.91 Å². The first kappa shape index (κ1) is 22.2. The third-order valence-corrected chi connectivity index (χ3v) is 6.61. The van der Waals surface area contributed by atoms with Crippen molar-refractivity contribution in [2.45, 2.75) is 44.8 Å². The van der Waals surface area contributed by atoms with Gasteiger partial charge in [0, 0.05) is 41.5 Å². The van der Waals surface area contributed by atoms with E-state index < -0.39 is 6.04 Å². The van der Waals surface area contributed by atoms with Crippen molar-refractivity contribution in [3.05, 3.63) is 87.3 Å². The van der Waals surface area contributed by atoms with E-state index in [4.69, 9.17) is 11.6 Å². The second kappa shape index (κ2) is 9.30. The monoisotopic (exact) mass is 476 g/mol. The lowest BCUT2D eigenvalue weighted by molar-refractivity contribution is -0.124. The SMILES string of the molecule is CCC1CC(C(=O)NCc2cc3cnccc3[nH]2)n2c1c(Cl)nc(NCc1ccccc1)c2=O. The Bertz CT molecular complexity index is 1360. The molecule has 0 fully saturated rings. The number of amides is 1. The van der Waals surface area contributed by atoms with Crippen LogP contribution in [0.25, 0.3) is 10.9 Å². The average molecular weight is 477 g/mol. The van der Waals surface area contributed by atoms with Gasteiger partial charge in [-0.05, 0) is 30.5 Å². The number of hydrogen-bond acceptors (Lipinski definition) is 5. The summed E-state index contributed by atoms with van der Waals surface area (Å²) in [6, 6.07) is 12.9. The molecule has 0 aliphatic carbocycles. The predicted octanol–water partition coefficient (Wildman–Crippen LogP) is 4.14. The van der Waals surface area contributed by atoms with Gasteiger partial charge in [-0.25, -0.2) is 4.98 Å². The van der Waals surface area contributed by atoms with Crippen LogP contribution < -0.4 is 16.2 Å². The Hall–Kier alpha value is -3.65. The zero-order chi connectivity index (χ0) is 23.7. The maximum Gasteiger partial charge on any atom is 0.294 e. The summed E-state index contributed by atoms with van der Waals surface area (Å²) in [4.78, 5) is 38.4. The van der Waals surface area contributed by atoms with E-state index in [0.29, 0.717) is 25.2 Å². The van der Waals surface area contributed by atoms with Gasteiger partial charge in [-0.15, -0.1) is 0 Å².